The van der Waals surface area contributed by atoms with Crippen molar-refractivity contribution in [3.8, 4) is 49.4 Å². The van der Waals surface area contributed by atoms with Crippen LogP contribution in [0.1, 0.15) is 104 Å². The lowest BCUT2D eigenvalue weighted by Gasteiger charge is -2.45. The molecule has 44 heavy (non-hydrogen) atoms. The summed E-state index contributed by atoms with van der Waals surface area (Å²) >= 11 is 0. The second-order valence-corrected chi connectivity index (χ2v) is 11.3. The lowest BCUT2D eigenvalue weighted by Crippen LogP contribution is -2.40. The zero-order valence-electron chi connectivity index (χ0n) is 27.3. The predicted molar refractivity (Wildman–Crippen MR) is 190 cm³/mol. The maximum Gasteiger partial charge on any atom is 0.100 e. The third kappa shape index (κ3) is 4.91. The van der Waals surface area contributed by atoms with Crippen LogP contribution >= 0.6 is 0 Å². The minimum atomic E-state index is -0.959. The van der Waals surface area contributed by atoms with Crippen molar-refractivity contribution >= 4 is 11.1 Å². The van der Waals surface area contributed by atoms with Gasteiger partial charge in [0.1, 0.15) is 5.41 Å². The summed E-state index contributed by atoms with van der Waals surface area (Å²) in [5, 5.41) is 0. The van der Waals surface area contributed by atoms with Gasteiger partial charge in [-0.3, -0.25) is 0 Å². The molecule has 0 fully saturated rings. The first kappa shape index (κ1) is 32.3. The number of terminal acetylenes is 4. The molecule has 4 rings (SSSR count). The molecule has 0 heterocycles. The Kier molecular flexibility index (Phi) is 10.1. The van der Waals surface area contributed by atoms with Gasteiger partial charge in [0.2, 0.25) is 0 Å². The van der Waals surface area contributed by atoms with Gasteiger partial charge in [-0.25, -0.2) is 0 Å². The van der Waals surface area contributed by atoms with Crippen LogP contribution in [-0.2, 0) is 31.1 Å². The van der Waals surface area contributed by atoms with Gasteiger partial charge < -0.3 is 0 Å². The number of hydrogen-bond acceptors (Lipinski definition) is 0. The lowest BCUT2D eigenvalue weighted by molar-refractivity contribution is 0.566. The lowest BCUT2D eigenvalue weighted by atomic mass is 9.55. The largest absolute Gasteiger partial charge is 0.119 e. The third-order valence-corrected chi connectivity index (χ3v) is 9.55. The molecule has 2 atom stereocenters. The summed E-state index contributed by atoms with van der Waals surface area (Å²) in [6.45, 7) is 13.1. The summed E-state index contributed by atoms with van der Waals surface area (Å²) in [6.07, 6.45) is 30.9. The minimum absolute atomic E-state index is 0.410. The smallest absolute Gasteiger partial charge is 0.100 e. The molecule has 0 heteroatoms. The van der Waals surface area contributed by atoms with Crippen molar-refractivity contribution in [1.82, 2.24) is 0 Å². The van der Waals surface area contributed by atoms with Gasteiger partial charge in [0, 0.05) is 11.1 Å². The van der Waals surface area contributed by atoms with Crippen molar-refractivity contribution < 1.29 is 0 Å². The zero-order chi connectivity index (χ0) is 32.0. The predicted octanol–water partition coefficient (Wildman–Crippen LogP) is 9.76. The molecule has 0 N–H and O–H groups in total. The van der Waals surface area contributed by atoms with Gasteiger partial charge in [-0.2, -0.15) is 0 Å². The molecule has 0 radical (unpaired) electrons. The molecular formula is C44H44. The van der Waals surface area contributed by atoms with Crippen molar-refractivity contribution in [3.05, 3.63) is 116 Å². The van der Waals surface area contributed by atoms with Gasteiger partial charge >= 0.3 is 0 Å². The molecule has 0 aromatic heterocycles. The van der Waals surface area contributed by atoms with Crippen molar-refractivity contribution in [1.29, 1.82) is 0 Å². The average molecular weight is 573 g/mol. The summed E-state index contributed by atoms with van der Waals surface area (Å²) in [6, 6.07) is 19.3. The van der Waals surface area contributed by atoms with Crippen LogP contribution in [0.5, 0.6) is 0 Å². The molecule has 0 saturated heterocycles. The van der Waals surface area contributed by atoms with Crippen molar-refractivity contribution in [2.24, 2.45) is 5.92 Å². The van der Waals surface area contributed by atoms with E-state index in [4.69, 9.17) is 25.7 Å². The van der Waals surface area contributed by atoms with Gasteiger partial charge in [-0.1, -0.05) is 120 Å². The highest BCUT2D eigenvalue weighted by Gasteiger charge is 2.50. The monoisotopic (exact) mass is 572 g/mol. The van der Waals surface area contributed by atoms with Crippen LogP contribution in [0.4, 0.5) is 0 Å². The van der Waals surface area contributed by atoms with Gasteiger partial charge in [0.15, 0.2) is 0 Å². The molecule has 1 aliphatic carbocycles. The van der Waals surface area contributed by atoms with E-state index in [1.54, 1.807) is 0 Å². The fraction of sp³-hybridized carbons (Fsp3) is 0.318. The van der Waals surface area contributed by atoms with Crippen LogP contribution in [-0.4, -0.2) is 0 Å². The second kappa shape index (κ2) is 13.8. The quantitative estimate of drug-likeness (QED) is 0.224. The Morgan fingerprint density at radius 2 is 1.27 bits per heavy atom. The third-order valence-electron chi connectivity index (χ3n) is 9.55. The summed E-state index contributed by atoms with van der Waals surface area (Å²) < 4.78 is 0. The first-order chi connectivity index (χ1) is 21.4. The van der Waals surface area contributed by atoms with E-state index in [0.717, 1.165) is 66.4 Å². The number of hydrogen-bond donors (Lipinski definition) is 0. The molecule has 0 amide bonds. The maximum atomic E-state index is 6.81. The van der Waals surface area contributed by atoms with Crippen LogP contribution in [0, 0.1) is 55.3 Å². The molecule has 2 unspecified atom stereocenters. The summed E-state index contributed by atoms with van der Waals surface area (Å²) in [5.41, 5.74) is 13.6. The molecule has 0 aliphatic heterocycles. The fourth-order valence-corrected chi connectivity index (χ4v) is 7.62. The highest BCUT2D eigenvalue weighted by Crippen LogP contribution is 2.57. The topological polar surface area (TPSA) is 0 Å². The summed E-state index contributed by atoms with van der Waals surface area (Å²) in [5.74, 6) is 12.3. The van der Waals surface area contributed by atoms with Gasteiger partial charge in [-0.15, -0.1) is 25.7 Å². The second-order valence-electron chi connectivity index (χ2n) is 11.3. The normalized spacial score (nSPS) is 17.9. The number of rotatable bonds is 9. The van der Waals surface area contributed by atoms with Crippen LogP contribution in [0.25, 0.3) is 11.1 Å². The highest BCUT2D eigenvalue weighted by atomic mass is 14.5. The number of benzene rings is 3. The highest BCUT2D eigenvalue weighted by molar-refractivity contribution is 6.00. The molecule has 0 bridgehead atoms. The SMILES string of the molecule is C#Cc1c(C2(C#C)C(c3ccccc3)=C(CC)C(c3ccc(CC)c(C#C)c3CC)=C(CC)C2C#C)ccc(CC)c1CC. The van der Waals surface area contributed by atoms with Crippen molar-refractivity contribution in [2.45, 2.75) is 85.5 Å². The standard InChI is InChI=1S/C44H44/c1-11-30-26-28-39(35(15-5)33(30)13-3)42-37(17-7)40(19-9)44(20-10,43(38(42)18-8)32-24-22-21-23-25-32)41-29-27-31(12-2)34(14-4)36(41)16-6/h3,6,9-10,21-29,40H,11-12,14-15,17-18H2,1-2,4-5,7-8H3. The Labute approximate surface area is 267 Å². The van der Waals surface area contributed by atoms with Crippen LogP contribution in [0.3, 0.4) is 0 Å². The molecule has 0 nitrogen and oxygen atoms in total. The van der Waals surface area contributed by atoms with E-state index in [2.05, 4.69) is 114 Å². The van der Waals surface area contributed by atoms with E-state index in [0.29, 0.717) is 0 Å². The van der Waals surface area contributed by atoms with Gasteiger partial charge in [0.25, 0.3) is 0 Å². The molecule has 1 aliphatic rings. The van der Waals surface area contributed by atoms with E-state index in [-0.39, 0.29) is 0 Å². The number of aryl methyl sites for hydroxylation is 2. The van der Waals surface area contributed by atoms with Crippen molar-refractivity contribution in [2.75, 3.05) is 0 Å². The Hall–Kier alpha value is -4.62. The summed E-state index contributed by atoms with van der Waals surface area (Å²) in [4.78, 5) is 0. The average Bonchev–Trinajstić information content (AvgIpc) is 3.08. The minimum Gasteiger partial charge on any atom is -0.119 e. The molecule has 220 valence electrons. The molecule has 3 aromatic rings. The van der Waals surface area contributed by atoms with Crippen LogP contribution < -0.4 is 0 Å². The molecule has 3 aromatic carbocycles. The van der Waals surface area contributed by atoms with Gasteiger partial charge in [-0.05, 0) is 99.8 Å². The Balaban J connectivity index is 2.31. The number of allylic oxidation sites excluding steroid dienone is 4. The Morgan fingerprint density at radius 1 is 0.636 bits per heavy atom. The van der Waals surface area contributed by atoms with E-state index >= 15 is 0 Å². The van der Waals surface area contributed by atoms with E-state index < -0.39 is 11.3 Å². The first-order valence-corrected chi connectivity index (χ1v) is 16.1. The van der Waals surface area contributed by atoms with Crippen LogP contribution in [0.15, 0.2) is 65.7 Å². The first-order valence-electron chi connectivity index (χ1n) is 16.1. The van der Waals surface area contributed by atoms with E-state index in [1.807, 2.05) is 6.07 Å². The fourth-order valence-electron chi connectivity index (χ4n) is 7.62. The Bertz CT molecular complexity index is 1790. The molecule has 0 spiro atoms. The molecule has 0 saturated carbocycles. The zero-order valence-corrected chi connectivity index (χ0v) is 27.3. The maximum absolute atomic E-state index is 6.81. The molecular weight excluding hydrogens is 528 g/mol. The Morgan fingerprint density at radius 3 is 1.77 bits per heavy atom. The van der Waals surface area contributed by atoms with Gasteiger partial charge in [0.05, 0.1) is 5.92 Å². The van der Waals surface area contributed by atoms with Crippen molar-refractivity contribution in [3.63, 3.8) is 0 Å². The van der Waals surface area contributed by atoms with E-state index in [9.17, 15) is 0 Å². The summed E-state index contributed by atoms with van der Waals surface area (Å²) in [7, 11) is 0. The van der Waals surface area contributed by atoms with E-state index in [1.165, 1.54) is 44.5 Å². The van der Waals surface area contributed by atoms with Crippen LogP contribution in [0.2, 0.25) is 0 Å².